The third kappa shape index (κ3) is 5.73. The molecular formula is C18H38N2. The van der Waals surface area contributed by atoms with Crippen LogP contribution in [-0.2, 0) is 0 Å². The molecule has 2 heteroatoms. The average molecular weight is 283 g/mol. The zero-order valence-corrected chi connectivity index (χ0v) is 14.8. The SMILES string of the molecule is CCCCCCCN1CC(C(C)(C)C)NCC1C(C)C. The number of hydrogen-bond acceptors (Lipinski definition) is 2. The van der Waals surface area contributed by atoms with Crippen molar-refractivity contribution in [2.75, 3.05) is 19.6 Å². The van der Waals surface area contributed by atoms with Crippen LogP contribution in [0.5, 0.6) is 0 Å². The Morgan fingerprint density at radius 3 is 2.30 bits per heavy atom. The van der Waals surface area contributed by atoms with E-state index in [9.17, 15) is 0 Å². The molecule has 1 fully saturated rings. The normalized spacial score (nSPS) is 25.4. The third-order valence-corrected chi connectivity index (χ3v) is 4.82. The number of piperazine rings is 1. The molecule has 2 atom stereocenters. The van der Waals surface area contributed by atoms with E-state index in [4.69, 9.17) is 0 Å². The van der Waals surface area contributed by atoms with Crippen LogP contribution in [0.1, 0.15) is 73.6 Å². The van der Waals surface area contributed by atoms with Gasteiger partial charge in [-0.2, -0.15) is 0 Å². The van der Waals surface area contributed by atoms with E-state index in [0.29, 0.717) is 11.5 Å². The monoisotopic (exact) mass is 282 g/mol. The summed E-state index contributed by atoms with van der Waals surface area (Å²) in [4.78, 5) is 2.77. The van der Waals surface area contributed by atoms with Crippen LogP contribution in [0.25, 0.3) is 0 Å². The molecule has 0 radical (unpaired) electrons. The Kier molecular flexibility index (Phi) is 7.53. The zero-order chi connectivity index (χ0) is 15.2. The smallest absolute Gasteiger partial charge is 0.0244 e. The Labute approximate surface area is 127 Å². The van der Waals surface area contributed by atoms with E-state index in [1.165, 1.54) is 45.2 Å². The van der Waals surface area contributed by atoms with Crippen LogP contribution in [0.15, 0.2) is 0 Å². The molecular weight excluding hydrogens is 244 g/mol. The van der Waals surface area contributed by atoms with Crippen molar-refractivity contribution in [1.82, 2.24) is 10.2 Å². The maximum atomic E-state index is 3.79. The molecule has 0 saturated carbocycles. The first-order valence-corrected chi connectivity index (χ1v) is 8.83. The molecule has 2 nitrogen and oxygen atoms in total. The highest BCUT2D eigenvalue weighted by Gasteiger charge is 2.34. The topological polar surface area (TPSA) is 15.3 Å². The molecule has 1 saturated heterocycles. The van der Waals surface area contributed by atoms with E-state index in [1.807, 2.05) is 0 Å². The molecule has 2 unspecified atom stereocenters. The largest absolute Gasteiger partial charge is 0.311 e. The van der Waals surface area contributed by atoms with Gasteiger partial charge in [0.25, 0.3) is 0 Å². The van der Waals surface area contributed by atoms with Gasteiger partial charge in [-0.15, -0.1) is 0 Å². The zero-order valence-electron chi connectivity index (χ0n) is 14.8. The summed E-state index contributed by atoms with van der Waals surface area (Å²) < 4.78 is 0. The fraction of sp³-hybridized carbons (Fsp3) is 1.00. The number of unbranched alkanes of at least 4 members (excludes halogenated alkanes) is 4. The molecule has 20 heavy (non-hydrogen) atoms. The Bertz CT molecular complexity index is 255. The number of nitrogens with zero attached hydrogens (tertiary/aromatic N) is 1. The highest BCUT2D eigenvalue weighted by Crippen LogP contribution is 2.25. The van der Waals surface area contributed by atoms with Gasteiger partial charge in [0.1, 0.15) is 0 Å². The first-order valence-electron chi connectivity index (χ1n) is 8.83. The summed E-state index contributed by atoms with van der Waals surface area (Å²) in [6, 6.07) is 1.35. The van der Waals surface area contributed by atoms with Crippen LogP contribution >= 0.6 is 0 Å². The summed E-state index contributed by atoms with van der Waals surface area (Å²) in [7, 11) is 0. The predicted molar refractivity (Wildman–Crippen MR) is 90.2 cm³/mol. The summed E-state index contributed by atoms with van der Waals surface area (Å²) >= 11 is 0. The van der Waals surface area contributed by atoms with Crippen LogP contribution < -0.4 is 5.32 Å². The fourth-order valence-electron chi connectivity index (χ4n) is 3.24. The fourth-order valence-corrected chi connectivity index (χ4v) is 3.24. The lowest BCUT2D eigenvalue weighted by Crippen LogP contribution is -2.61. The van der Waals surface area contributed by atoms with E-state index < -0.39 is 0 Å². The summed E-state index contributed by atoms with van der Waals surface area (Å²) in [5.74, 6) is 0.749. The molecule has 120 valence electrons. The molecule has 1 N–H and O–H groups in total. The van der Waals surface area contributed by atoms with Gasteiger partial charge in [0.2, 0.25) is 0 Å². The van der Waals surface area contributed by atoms with Gasteiger partial charge in [-0.25, -0.2) is 0 Å². The van der Waals surface area contributed by atoms with Crippen molar-refractivity contribution in [2.45, 2.75) is 85.7 Å². The average Bonchev–Trinajstić information content (AvgIpc) is 2.37. The van der Waals surface area contributed by atoms with Gasteiger partial charge in [-0.1, -0.05) is 67.2 Å². The summed E-state index contributed by atoms with van der Waals surface area (Å²) in [6.07, 6.45) is 6.94. The highest BCUT2D eigenvalue weighted by molar-refractivity contribution is 4.92. The molecule has 1 aliphatic rings. The van der Waals surface area contributed by atoms with Crippen molar-refractivity contribution in [3.05, 3.63) is 0 Å². The van der Waals surface area contributed by atoms with Crippen molar-refractivity contribution in [3.8, 4) is 0 Å². The minimum atomic E-state index is 0.364. The third-order valence-electron chi connectivity index (χ3n) is 4.82. The molecule has 1 rings (SSSR count). The second-order valence-electron chi connectivity index (χ2n) is 8.05. The first-order chi connectivity index (χ1) is 9.36. The van der Waals surface area contributed by atoms with Crippen LogP contribution in [0, 0.1) is 11.3 Å². The lowest BCUT2D eigenvalue weighted by molar-refractivity contribution is 0.0618. The second-order valence-corrected chi connectivity index (χ2v) is 8.05. The molecule has 1 aliphatic heterocycles. The molecule has 0 spiro atoms. The number of hydrogen-bond donors (Lipinski definition) is 1. The Hall–Kier alpha value is -0.0800. The Balaban J connectivity index is 2.47. The Morgan fingerprint density at radius 1 is 1.10 bits per heavy atom. The van der Waals surface area contributed by atoms with Crippen LogP contribution in [-0.4, -0.2) is 36.6 Å². The minimum absolute atomic E-state index is 0.364. The number of nitrogens with one attached hydrogen (secondary N) is 1. The van der Waals surface area contributed by atoms with Gasteiger partial charge < -0.3 is 5.32 Å². The van der Waals surface area contributed by atoms with E-state index in [-0.39, 0.29) is 0 Å². The van der Waals surface area contributed by atoms with Crippen LogP contribution in [0.4, 0.5) is 0 Å². The van der Waals surface area contributed by atoms with Gasteiger partial charge in [0.05, 0.1) is 0 Å². The van der Waals surface area contributed by atoms with E-state index in [0.717, 1.165) is 18.5 Å². The maximum Gasteiger partial charge on any atom is 0.0244 e. The van der Waals surface area contributed by atoms with Crippen molar-refractivity contribution in [3.63, 3.8) is 0 Å². The molecule has 0 aromatic carbocycles. The lowest BCUT2D eigenvalue weighted by atomic mass is 9.83. The molecule has 0 amide bonds. The Morgan fingerprint density at radius 2 is 1.75 bits per heavy atom. The molecule has 0 aliphatic carbocycles. The van der Waals surface area contributed by atoms with Crippen LogP contribution in [0.2, 0.25) is 0 Å². The first kappa shape index (κ1) is 18.0. The van der Waals surface area contributed by atoms with Gasteiger partial charge in [0, 0.05) is 25.2 Å². The summed E-state index contributed by atoms with van der Waals surface area (Å²) in [5.41, 5.74) is 0.364. The van der Waals surface area contributed by atoms with Gasteiger partial charge >= 0.3 is 0 Å². The maximum absolute atomic E-state index is 3.79. The van der Waals surface area contributed by atoms with Crippen LogP contribution in [0.3, 0.4) is 0 Å². The van der Waals surface area contributed by atoms with Gasteiger partial charge in [-0.05, 0) is 24.3 Å². The second kappa shape index (κ2) is 8.38. The summed E-state index contributed by atoms with van der Waals surface area (Å²) in [5, 5.41) is 3.79. The quantitative estimate of drug-likeness (QED) is 0.700. The predicted octanol–water partition coefficient (Wildman–Crippen LogP) is 4.30. The summed E-state index contributed by atoms with van der Waals surface area (Å²) in [6.45, 7) is 17.8. The molecule has 0 aromatic rings. The van der Waals surface area contributed by atoms with Crippen molar-refractivity contribution < 1.29 is 0 Å². The molecule has 1 heterocycles. The lowest BCUT2D eigenvalue weighted by Gasteiger charge is -2.46. The highest BCUT2D eigenvalue weighted by atomic mass is 15.2. The van der Waals surface area contributed by atoms with E-state index in [2.05, 4.69) is 51.8 Å². The standard InChI is InChI=1S/C18H38N2/c1-7-8-9-10-11-12-20-14-17(18(4,5)6)19-13-16(20)15(2)3/h15-17,19H,7-14H2,1-6H3. The minimum Gasteiger partial charge on any atom is -0.311 e. The molecule has 0 bridgehead atoms. The number of rotatable bonds is 7. The van der Waals surface area contributed by atoms with Gasteiger partial charge in [0.15, 0.2) is 0 Å². The van der Waals surface area contributed by atoms with E-state index >= 15 is 0 Å². The van der Waals surface area contributed by atoms with Crippen molar-refractivity contribution >= 4 is 0 Å². The van der Waals surface area contributed by atoms with Crippen molar-refractivity contribution in [1.29, 1.82) is 0 Å². The van der Waals surface area contributed by atoms with Gasteiger partial charge in [-0.3, -0.25) is 4.90 Å². The molecule has 0 aromatic heterocycles. The van der Waals surface area contributed by atoms with E-state index in [1.54, 1.807) is 0 Å². The van der Waals surface area contributed by atoms with Crippen molar-refractivity contribution in [2.24, 2.45) is 11.3 Å².